The van der Waals surface area contributed by atoms with Crippen LogP contribution in [-0.4, -0.2) is 52.4 Å². The molecule has 3 aromatic carbocycles. The van der Waals surface area contributed by atoms with E-state index in [-0.39, 0.29) is 23.9 Å². The molecule has 0 bridgehead atoms. The largest absolute Gasteiger partial charge is 0.465 e. The number of esters is 1. The Morgan fingerprint density at radius 2 is 1.53 bits per heavy atom. The van der Waals surface area contributed by atoms with E-state index in [9.17, 15) is 14.4 Å². The Balaban J connectivity index is 1.50. The van der Waals surface area contributed by atoms with Crippen LogP contribution < -0.4 is 5.62 Å². The van der Waals surface area contributed by atoms with Crippen LogP contribution in [0.2, 0.25) is 10.0 Å². The number of fused-ring (bicyclic) bond motifs is 1. The highest BCUT2D eigenvalue weighted by Gasteiger charge is 2.18. The summed E-state index contributed by atoms with van der Waals surface area (Å²) >= 11 is 12.5. The third-order valence-electron chi connectivity index (χ3n) is 6.28. The Morgan fingerprint density at radius 1 is 0.895 bits per heavy atom. The second kappa shape index (κ2) is 11.7. The minimum atomic E-state index is -0.465. The van der Waals surface area contributed by atoms with E-state index in [0.29, 0.717) is 57.3 Å². The monoisotopic (exact) mass is 552 g/mol. The topological polar surface area (TPSA) is 97.4 Å². The van der Waals surface area contributed by atoms with E-state index in [2.05, 4.69) is 0 Å². The van der Waals surface area contributed by atoms with Crippen LogP contribution in [0.25, 0.3) is 11.0 Å². The van der Waals surface area contributed by atoms with Crippen molar-refractivity contribution < 1.29 is 19.1 Å². The SMILES string of the molecule is COC(=O)c1ccc(C(=O)N(C)CCCn2c(=N)n(CC(=O)c3ccc(Cl)cc3)c3cccc(Cl)c32)cc1. The molecule has 1 aromatic heterocycles. The summed E-state index contributed by atoms with van der Waals surface area (Å²) in [5.41, 5.74) is 2.81. The number of carbonyl (C=O) groups is 3. The number of aromatic nitrogens is 2. The van der Waals surface area contributed by atoms with Gasteiger partial charge in [0.1, 0.15) is 0 Å². The van der Waals surface area contributed by atoms with Crippen molar-refractivity contribution in [2.75, 3.05) is 20.7 Å². The van der Waals surface area contributed by atoms with Gasteiger partial charge in [0, 0.05) is 36.3 Å². The van der Waals surface area contributed by atoms with Crippen LogP contribution in [0.15, 0.2) is 66.7 Å². The summed E-state index contributed by atoms with van der Waals surface area (Å²) in [5, 5.41) is 9.83. The van der Waals surface area contributed by atoms with Crippen molar-refractivity contribution in [1.82, 2.24) is 14.0 Å². The summed E-state index contributed by atoms with van der Waals surface area (Å²) < 4.78 is 8.09. The van der Waals surface area contributed by atoms with Crippen LogP contribution >= 0.6 is 23.2 Å². The zero-order chi connectivity index (χ0) is 27.4. The first-order valence-corrected chi connectivity index (χ1v) is 12.6. The lowest BCUT2D eigenvalue weighted by Crippen LogP contribution is -2.31. The van der Waals surface area contributed by atoms with Gasteiger partial charge in [0.2, 0.25) is 5.62 Å². The molecule has 1 heterocycles. The number of para-hydroxylation sites is 1. The Morgan fingerprint density at radius 3 is 2.18 bits per heavy atom. The number of benzene rings is 3. The van der Waals surface area contributed by atoms with Crippen LogP contribution in [0.4, 0.5) is 0 Å². The van der Waals surface area contributed by atoms with Gasteiger partial charge in [-0.05, 0) is 67.1 Å². The average Bonchev–Trinajstić information content (AvgIpc) is 3.19. The molecule has 0 unspecified atom stereocenters. The number of rotatable bonds is 9. The van der Waals surface area contributed by atoms with Crippen molar-refractivity contribution in [3.63, 3.8) is 0 Å². The van der Waals surface area contributed by atoms with E-state index in [0.717, 1.165) is 0 Å². The molecule has 1 amide bonds. The zero-order valence-corrected chi connectivity index (χ0v) is 22.4. The molecule has 0 aliphatic heterocycles. The number of nitrogens with one attached hydrogen (secondary N) is 1. The average molecular weight is 553 g/mol. The molecule has 0 saturated carbocycles. The van der Waals surface area contributed by atoms with Crippen LogP contribution in [0.3, 0.4) is 0 Å². The van der Waals surface area contributed by atoms with Crippen molar-refractivity contribution in [2.45, 2.75) is 19.5 Å². The molecule has 4 aromatic rings. The molecular weight excluding hydrogens is 527 g/mol. The molecule has 0 aliphatic rings. The number of methoxy groups -OCH3 is 1. The summed E-state index contributed by atoms with van der Waals surface area (Å²) in [4.78, 5) is 39.0. The molecule has 38 heavy (non-hydrogen) atoms. The van der Waals surface area contributed by atoms with E-state index >= 15 is 0 Å². The predicted molar refractivity (Wildman–Crippen MR) is 146 cm³/mol. The van der Waals surface area contributed by atoms with Gasteiger partial charge in [-0.3, -0.25) is 15.0 Å². The highest BCUT2D eigenvalue weighted by Crippen LogP contribution is 2.23. The van der Waals surface area contributed by atoms with Crippen molar-refractivity contribution in [2.24, 2.45) is 0 Å². The zero-order valence-electron chi connectivity index (χ0n) is 20.9. The number of Topliss-reactive ketones (excluding diaryl/α,β-unsaturated/α-hetero) is 1. The first-order chi connectivity index (χ1) is 18.2. The molecule has 196 valence electrons. The number of carbonyl (C=O) groups excluding carboxylic acids is 3. The number of halogens is 2. The van der Waals surface area contributed by atoms with E-state index in [1.54, 1.807) is 81.7 Å². The summed E-state index contributed by atoms with van der Waals surface area (Å²) in [7, 11) is 3.00. The third-order valence-corrected chi connectivity index (χ3v) is 6.84. The fraction of sp³-hybridized carbons (Fsp3) is 0.214. The second-order valence-electron chi connectivity index (χ2n) is 8.75. The number of imidazole rings is 1. The first-order valence-electron chi connectivity index (χ1n) is 11.9. The Bertz CT molecular complexity index is 1560. The summed E-state index contributed by atoms with van der Waals surface area (Å²) in [6, 6.07) is 18.3. The quantitative estimate of drug-likeness (QED) is 0.232. The minimum absolute atomic E-state index is 0.0235. The van der Waals surface area contributed by atoms with Crippen molar-refractivity contribution in [3.8, 4) is 0 Å². The van der Waals surface area contributed by atoms with Gasteiger partial charge in [-0.15, -0.1) is 0 Å². The Labute approximate surface area is 229 Å². The molecule has 4 rings (SSSR count). The number of ketones is 1. The maximum absolute atomic E-state index is 12.9. The normalized spacial score (nSPS) is 10.9. The number of hydrogen-bond donors (Lipinski definition) is 1. The molecule has 0 aliphatic carbocycles. The number of ether oxygens (including phenoxy) is 1. The Kier molecular flexibility index (Phi) is 8.34. The molecule has 0 atom stereocenters. The predicted octanol–water partition coefficient (Wildman–Crippen LogP) is 5.06. The van der Waals surface area contributed by atoms with E-state index in [4.69, 9.17) is 33.3 Å². The number of nitrogens with zero attached hydrogens (tertiary/aromatic N) is 3. The number of aryl methyl sites for hydroxylation is 1. The summed E-state index contributed by atoms with van der Waals surface area (Å²) in [6.45, 7) is 0.815. The molecule has 0 fully saturated rings. The maximum atomic E-state index is 12.9. The summed E-state index contributed by atoms with van der Waals surface area (Å²) in [6.07, 6.45) is 0.550. The smallest absolute Gasteiger partial charge is 0.337 e. The van der Waals surface area contributed by atoms with Gasteiger partial charge >= 0.3 is 5.97 Å². The lowest BCUT2D eigenvalue weighted by molar-refractivity contribution is 0.0599. The van der Waals surface area contributed by atoms with E-state index in [1.807, 2.05) is 6.07 Å². The third kappa shape index (κ3) is 5.66. The van der Waals surface area contributed by atoms with Crippen LogP contribution in [0, 0.1) is 5.41 Å². The van der Waals surface area contributed by atoms with Gasteiger partial charge < -0.3 is 18.8 Å². The minimum Gasteiger partial charge on any atom is -0.465 e. The standard InChI is InChI=1S/C28H26Cl2N4O4/c1-32(26(36)19-7-9-20(10-8-19)27(37)38-2)15-4-16-33-25-22(30)5-3-6-23(25)34(28(33)31)17-24(35)18-11-13-21(29)14-12-18/h3,5-14,31H,4,15-17H2,1-2H3. The van der Waals surface area contributed by atoms with Gasteiger partial charge in [0.25, 0.3) is 5.91 Å². The van der Waals surface area contributed by atoms with Gasteiger partial charge in [-0.1, -0.05) is 29.3 Å². The first kappa shape index (κ1) is 27.2. The molecule has 10 heteroatoms. The maximum Gasteiger partial charge on any atom is 0.337 e. The fourth-order valence-electron chi connectivity index (χ4n) is 4.26. The van der Waals surface area contributed by atoms with Gasteiger partial charge in [0.05, 0.1) is 35.3 Å². The molecule has 0 spiro atoms. The van der Waals surface area contributed by atoms with Crippen LogP contribution in [0.1, 0.15) is 37.5 Å². The Hall–Kier alpha value is -3.88. The molecule has 0 radical (unpaired) electrons. The highest BCUT2D eigenvalue weighted by atomic mass is 35.5. The molecular formula is C28H26Cl2N4O4. The molecule has 0 saturated heterocycles. The highest BCUT2D eigenvalue weighted by molar-refractivity contribution is 6.35. The number of amides is 1. The fourth-order valence-corrected chi connectivity index (χ4v) is 4.66. The lowest BCUT2D eigenvalue weighted by atomic mass is 10.1. The van der Waals surface area contributed by atoms with Gasteiger partial charge in [-0.25, -0.2) is 4.79 Å². The van der Waals surface area contributed by atoms with Crippen molar-refractivity contribution >= 4 is 51.9 Å². The van der Waals surface area contributed by atoms with Crippen LogP contribution in [0.5, 0.6) is 0 Å². The van der Waals surface area contributed by atoms with Gasteiger partial charge in [0.15, 0.2) is 5.78 Å². The molecule has 8 nitrogen and oxygen atoms in total. The second-order valence-corrected chi connectivity index (χ2v) is 9.59. The van der Waals surface area contributed by atoms with Gasteiger partial charge in [-0.2, -0.15) is 0 Å². The lowest BCUT2D eigenvalue weighted by Gasteiger charge is -2.17. The van der Waals surface area contributed by atoms with Crippen molar-refractivity contribution in [3.05, 3.63) is 99.1 Å². The van der Waals surface area contributed by atoms with E-state index in [1.165, 1.54) is 7.11 Å². The summed E-state index contributed by atoms with van der Waals surface area (Å²) in [5.74, 6) is -0.803. The van der Waals surface area contributed by atoms with E-state index < -0.39 is 5.97 Å². The van der Waals surface area contributed by atoms with Crippen LogP contribution in [-0.2, 0) is 17.8 Å². The number of hydrogen-bond acceptors (Lipinski definition) is 5. The van der Waals surface area contributed by atoms with Crippen molar-refractivity contribution in [1.29, 1.82) is 5.41 Å². The molecule has 1 N–H and O–H groups in total.